The minimum atomic E-state index is 0.471. The first-order chi connectivity index (χ1) is 7.36. The first kappa shape index (κ1) is 11.5. The van der Waals surface area contributed by atoms with Gasteiger partial charge in [-0.2, -0.15) is 5.26 Å². The summed E-state index contributed by atoms with van der Waals surface area (Å²) in [7, 11) is 0. The Hall–Kier alpha value is -1.59. The van der Waals surface area contributed by atoms with Gasteiger partial charge in [0, 0.05) is 13.1 Å². The van der Waals surface area contributed by atoms with Gasteiger partial charge in [-0.15, -0.1) is 0 Å². The minimum Gasteiger partial charge on any atom is -0.283 e. The highest BCUT2D eigenvalue weighted by molar-refractivity contribution is 5.14. The fraction of sp³-hybridized carbons (Fsp3) is 0.308. The van der Waals surface area contributed by atoms with Crippen molar-refractivity contribution in [3.05, 3.63) is 48.0 Å². The van der Waals surface area contributed by atoms with Crippen molar-refractivity contribution in [2.75, 3.05) is 13.1 Å². The van der Waals surface area contributed by atoms with Gasteiger partial charge in [0.25, 0.3) is 0 Å². The SMILES string of the molecule is C/C=C/CN(CC#N)Cc1ccccc1. The molecule has 0 N–H and O–H groups in total. The molecule has 1 aromatic rings. The molecule has 0 saturated heterocycles. The van der Waals surface area contributed by atoms with Crippen molar-refractivity contribution in [1.29, 1.82) is 5.26 Å². The van der Waals surface area contributed by atoms with Crippen LogP contribution in [0, 0.1) is 11.3 Å². The molecule has 0 aromatic heterocycles. The van der Waals surface area contributed by atoms with Crippen molar-refractivity contribution in [2.24, 2.45) is 0 Å². The van der Waals surface area contributed by atoms with Gasteiger partial charge in [-0.3, -0.25) is 4.90 Å². The second-order valence-corrected chi connectivity index (χ2v) is 3.38. The highest BCUT2D eigenvalue weighted by atomic mass is 15.1. The van der Waals surface area contributed by atoms with Crippen LogP contribution in [0.5, 0.6) is 0 Å². The van der Waals surface area contributed by atoms with Gasteiger partial charge in [0.15, 0.2) is 0 Å². The standard InChI is InChI=1S/C13H16N2/c1-2-3-10-15(11-9-14)12-13-7-5-4-6-8-13/h2-8H,10-12H2,1H3/b3-2+. The van der Waals surface area contributed by atoms with E-state index in [0.29, 0.717) is 6.54 Å². The van der Waals surface area contributed by atoms with Gasteiger partial charge >= 0.3 is 0 Å². The van der Waals surface area contributed by atoms with E-state index in [9.17, 15) is 0 Å². The van der Waals surface area contributed by atoms with Crippen LogP contribution in [-0.4, -0.2) is 18.0 Å². The molecular weight excluding hydrogens is 184 g/mol. The third kappa shape index (κ3) is 4.44. The monoisotopic (exact) mass is 200 g/mol. The van der Waals surface area contributed by atoms with E-state index < -0.39 is 0 Å². The first-order valence-corrected chi connectivity index (χ1v) is 5.11. The molecule has 0 bridgehead atoms. The van der Waals surface area contributed by atoms with Crippen LogP contribution < -0.4 is 0 Å². The normalized spacial score (nSPS) is 10.7. The number of nitrogens with zero attached hydrogens (tertiary/aromatic N) is 2. The molecule has 0 aliphatic rings. The predicted octanol–water partition coefficient (Wildman–Crippen LogP) is 2.59. The van der Waals surface area contributed by atoms with Crippen LogP contribution in [0.15, 0.2) is 42.5 Å². The van der Waals surface area contributed by atoms with E-state index in [2.05, 4.69) is 29.2 Å². The van der Waals surface area contributed by atoms with Gasteiger partial charge in [0.05, 0.1) is 12.6 Å². The van der Waals surface area contributed by atoms with E-state index in [-0.39, 0.29) is 0 Å². The first-order valence-electron chi connectivity index (χ1n) is 5.11. The smallest absolute Gasteiger partial charge is 0.0871 e. The molecule has 2 heteroatoms. The predicted molar refractivity (Wildman–Crippen MR) is 62.1 cm³/mol. The van der Waals surface area contributed by atoms with Crippen molar-refractivity contribution >= 4 is 0 Å². The molecule has 1 aromatic carbocycles. The van der Waals surface area contributed by atoms with E-state index in [1.165, 1.54) is 5.56 Å². The molecule has 15 heavy (non-hydrogen) atoms. The lowest BCUT2D eigenvalue weighted by molar-refractivity contribution is 0.331. The second kappa shape index (κ2) is 6.80. The molecule has 0 amide bonds. The number of hydrogen-bond acceptors (Lipinski definition) is 2. The zero-order valence-corrected chi connectivity index (χ0v) is 9.06. The van der Waals surface area contributed by atoms with Crippen molar-refractivity contribution in [1.82, 2.24) is 4.90 Å². The Kier molecular flexibility index (Phi) is 5.21. The number of rotatable bonds is 5. The molecule has 0 unspecified atom stereocenters. The summed E-state index contributed by atoms with van der Waals surface area (Å²) in [5.74, 6) is 0. The molecule has 1 rings (SSSR count). The highest BCUT2D eigenvalue weighted by Gasteiger charge is 2.02. The van der Waals surface area contributed by atoms with Gasteiger partial charge in [0.1, 0.15) is 0 Å². The number of nitriles is 1. The number of hydrogen-bond donors (Lipinski definition) is 0. The topological polar surface area (TPSA) is 27.0 Å². The average molecular weight is 200 g/mol. The maximum absolute atomic E-state index is 8.70. The number of allylic oxidation sites excluding steroid dienone is 1. The summed E-state index contributed by atoms with van der Waals surface area (Å²) in [6, 6.07) is 12.4. The van der Waals surface area contributed by atoms with Crippen LogP contribution in [0.4, 0.5) is 0 Å². The summed E-state index contributed by atoms with van der Waals surface area (Å²) in [5, 5.41) is 8.70. The fourth-order valence-corrected chi connectivity index (χ4v) is 1.38. The van der Waals surface area contributed by atoms with E-state index in [1.54, 1.807) is 0 Å². The van der Waals surface area contributed by atoms with Gasteiger partial charge in [-0.1, -0.05) is 42.5 Å². The minimum absolute atomic E-state index is 0.471. The molecule has 0 saturated carbocycles. The molecule has 78 valence electrons. The molecule has 0 spiro atoms. The lowest BCUT2D eigenvalue weighted by Crippen LogP contribution is -2.23. The molecule has 0 aliphatic heterocycles. The zero-order chi connectivity index (χ0) is 10.9. The Balaban J connectivity index is 2.55. The van der Waals surface area contributed by atoms with Gasteiger partial charge in [0.2, 0.25) is 0 Å². The van der Waals surface area contributed by atoms with Gasteiger partial charge < -0.3 is 0 Å². The Morgan fingerprint density at radius 3 is 2.67 bits per heavy atom. The maximum atomic E-state index is 8.70. The average Bonchev–Trinajstić information content (AvgIpc) is 2.28. The summed E-state index contributed by atoms with van der Waals surface area (Å²) in [6.07, 6.45) is 4.08. The van der Waals surface area contributed by atoms with Gasteiger partial charge in [-0.05, 0) is 12.5 Å². The van der Waals surface area contributed by atoms with E-state index in [0.717, 1.165) is 13.1 Å². The Bertz CT molecular complexity index is 335. The largest absolute Gasteiger partial charge is 0.283 e. The van der Waals surface area contributed by atoms with Crippen LogP contribution in [0.1, 0.15) is 12.5 Å². The zero-order valence-electron chi connectivity index (χ0n) is 9.06. The van der Waals surface area contributed by atoms with E-state index in [4.69, 9.17) is 5.26 Å². The van der Waals surface area contributed by atoms with Crippen LogP contribution in [-0.2, 0) is 6.54 Å². The van der Waals surface area contributed by atoms with E-state index in [1.807, 2.05) is 31.2 Å². The lowest BCUT2D eigenvalue weighted by Gasteiger charge is -2.16. The highest BCUT2D eigenvalue weighted by Crippen LogP contribution is 2.03. The lowest BCUT2D eigenvalue weighted by atomic mass is 10.2. The molecule has 0 aliphatic carbocycles. The molecule has 2 nitrogen and oxygen atoms in total. The van der Waals surface area contributed by atoms with Crippen molar-refractivity contribution < 1.29 is 0 Å². The summed E-state index contributed by atoms with van der Waals surface area (Å²) in [6.45, 7) is 4.13. The summed E-state index contributed by atoms with van der Waals surface area (Å²) in [5.41, 5.74) is 1.25. The van der Waals surface area contributed by atoms with Crippen LogP contribution in [0.25, 0.3) is 0 Å². The molecule has 0 atom stereocenters. The van der Waals surface area contributed by atoms with Crippen molar-refractivity contribution in [3.63, 3.8) is 0 Å². The van der Waals surface area contributed by atoms with E-state index >= 15 is 0 Å². The Labute approximate surface area is 91.4 Å². The third-order valence-corrected chi connectivity index (χ3v) is 2.14. The van der Waals surface area contributed by atoms with Gasteiger partial charge in [-0.25, -0.2) is 0 Å². The third-order valence-electron chi connectivity index (χ3n) is 2.14. The van der Waals surface area contributed by atoms with Crippen LogP contribution >= 0.6 is 0 Å². The van der Waals surface area contributed by atoms with Crippen LogP contribution in [0.3, 0.4) is 0 Å². The summed E-state index contributed by atoms with van der Waals surface area (Å²) >= 11 is 0. The Morgan fingerprint density at radius 2 is 2.07 bits per heavy atom. The molecule has 0 heterocycles. The number of benzene rings is 1. The van der Waals surface area contributed by atoms with Crippen molar-refractivity contribution in [2.45, 2.75) is 13.5 Å². The summed E-state index contributed by atoms with van der Waals surface area (Å²) < 4.78 is 0. The molecule has 0 radical (unpaired) electrons. The second-order valence-electron chi connectivity index (χ2n) is 3.38. The maximum Gasteiger partial charge on any atom is 0.0871 e. The van der Waals surface area contributed by atoms with Crippen LogP contribution in [0.2, 0.25) is 0 Å². The quantitative estimate of drug-likeness (QED) is 0.539. The molecular formula is C13H16N2. The van der Waals surface area contributed by atoms with Crippen molar-refractivity contribution in [3.8, 4) is 6.07 Å². The summed E-state index contributed by atoms with van der Waals surface area (Å²) in [4.78, 5) is 2.11. The Morgan fingerprint density at radius 1 is 1.33 bits per heavy atom. The fourth-order valence-electron chi connectivity index (χ4n) is 1.38. The molecule has 0 fully saturated rings.